The van der Waals surface area contributed by atoms with Gasteiger partial charge in [0.15, 0.2) is 0 Å². The summed E-state index contributed by atoms with van der Waals surface area (Å²) in [4.78, 5) is 4.63. The summed E-state index contributed by atoms with van der Waals surface area (Å²) in [5, 5.41) is 0. The molecule has 3 nitrogen and oxygen atoms in total. The van der Waals surface area contributed by atoms with E-state index < -0.39 is 0 Å². The smallest absolute Gasteiger partial charge is 0.0670 e. The van der Waals surface area contributed by atoms with Gasteiger partial charge in [-0.1, -0.05) is 6.42 Å². The summed E-state index contributed by atoms with van der Waals surface area (Å²) in [6.07, 6.45) is 3.43. The van der Waals surface area contributed by atoms with E-state index in [4.69, 9.17) is 11.5 Å². The first-order valence-electron chi connectivity index (χ1n) is 5.49. The summed E-state index contributed by atoms with van der Waals surface area (Å²) < 4.78 is 0. The molecule has 0 amide bonds. The van der Waals surface area contributed by atoms with Gasteiger partial charge < -0.3 is 11.5 Å². The average Bonchev–Trinajstić information content (AvgIpc) is 2.58. The molecule has 2 atom stereocenters. The van der Waals surface area contributed by atoms with Gasteiger partial charge in [-0.15, -0.1) is 0 Å². The van der Waals surface area contributed by atoms with Crippen LogP contribution in [0.5, 0.6) is 0 Å². The Hall–Kier alpha value is -1.35. The number of hydrogen-bond donors (Lipinski definition) is 2. The lowest BCUT2D eigenvalue weighted by molar-refractivity contribution is 0.573. The van der Waals surface area contributed by atoms with Gasteiger partial charge in [0.05, 0.1) is 5.69 Å². The van der Waals surface area contributed by atoms with Gasteiger partial charge in [-0.2, -0.15) is 0 Å². The largest absolute Gasteiger partial charge is 0.399 e. The Morgan fingerprint density at radius 2 is 2.13 bits per heavy atom. The van der Waals surface area contributed by atoms with Crippen molar-refractivity contribution >= 4 is 17.1 Å². The van der Waals surface area contributed by atoms with Gasteiger partial charge in [0.25, 0.3) is 0 Å². The fourth-order valence-electron chi connectivity index (χ4n) is 2.66. The van der Waals surface area contributed by atoms with Crippen molar-refractivity contribution in [2.75, 3.05) is 5.73 Å². The first-order valence-corrected chi connectivity index (χ1v) is 5.49. The fraction of sp³-hybridized carbons (Fsp3) is 0.417. The van der Waals surface area contributed by atoms with E-state index in [1.165, 1.54) is 24.1 Å². The Bertz CT molecular complexity index is 436. The van der Waals surface area contributed by atoms with E-state index >= 15 is 0 Å². The Balaban J connectivity index is 2.09. The maximum Gasteiger partial charge on any atom is 0.0670 e. The summed E-state index contributed by atoms with van der Waals surface area (Å²) in [5.41, 5.74) is 16.2. The minimum atomic E-state index is 0.150. The molecule has 1 saturated carbocycles. The Labute approximate surface area is 89.2 Å². The zero-order valence-corrected chi connectivity index (χ0v) is 8.61. The van der Waals surface area contributed by atoms with Crippen molar-refractivity contribution in [3.05, 3.63) is 23.8 Å². The van der Waals surface area contributed by atoms with Crippen LogP contribution in [0.3, 0.4) is 0 Å². The summed E-state index contributed by atoms with van der Waals surface area (Å²) in [5.74, 6) is 0.437. The molecule has 1 aliphatic carbocycles. The Morgan fingerprint density at radius 3 is 3.00 bits per heavy atom. The van der Waals surface area contributed by atoms with Crippen molar-refractivity contribution < 1.29 is 0 Å². The van der Waals surface area contributed by atoms with Crippen LogP contribution in [0.25, 0.3) is 0 Å². The molecule has 1 fully saturated rings. The first kappa shape index (κ1) is 8.92. The van der Waals surface area contributed by atoms with Gasteiger partial charge in [-0.25, -0.2) is 0 Å². The molecule has 3 heteroatoms. The average molecular weight is 201 g/mol. The lowest BCUT2D eigenvalue weighted by atomic mass is 9.81. The van der Waals surface area contributed by atoms with E-state index in [1.54, 1.807) is 0 Å². The standard InChI is InChI=1S/C12H15N3/c13-7-4-5-11-9(6-7)8-2-1-3-10(14)12(8)15-11/h4-6,8,10H,1-3,13-14H2. The van der Waals surface area contributed by atoms with Crippen LogP contribution >= 0.6 is 0 Å². The number of aliphatic imine (C=N–C) groups is 1. The molecule has 3 rings (SSSR count). The highest BCUT2D eigenvalue weighted by atomic mass is 14.9. The highest BCUT2D eigenvalue weighted by Gasteiger charge is 2.33. The fourth-order valence-corrected chi connectivity index (χ4v) is 2.66. The molecule has 1 aromatic rings. The molecule has 78 valence electrons. The highest BCUT2D eigenvalue weighted by Crippen LogP contribution is 2.42. The molecule has 0 radical (unpaired) electrons. The number of anilines is 1. The van der Waals surface area contributed by atoms with Crippen LogP contribution in [0.1, 0.15) is 30.7 Å². The number of hydrogen-bond acceptors (Lipinski definition) is 3. The van der Waals surface area contributed by atoms with E-state index in [1.807, 2.05) is 12.1 Å². The second kappa shape index (κ2) is 3.07. The van der Waals surface area contributed by atoms with E-state index in [2.05, 4.69) is 11.1 Å². The molecular formula is C12H15N3. The third-order valence-corrected chi connectivity index (χ3v) is 3.42. The number of nitrogens with zero attached hydrogens (tertiary/aromatic N) is 1. The van der Waals surface area contributed by atoms with Crippen molar-refractivity contribution in [2.45, 2.75) is 31.2 Å². The van der Waals surface area contributed by atoms with E-state index in [0.717, 1.165) is 17.8 Å². The van der Waals surface area contributed by atoms with Crippen LogP contribution in [0.15, 0.2) is 23.2 Å². The molecule has 15 heavy (non-hydrogen) atoms. The summed E-state index contributed by atoms with van der Waals surface area (Å²) in [6, 6.07) is 6.11. The summed E-state index contributed by atoms with van der Waals surface area (Å²) in [7, 11) is 0. The van der Waals surface area contributed by atoms with Gasteiger partial charge in [0.2, 0.25) is 0 Å². The second-order valence-electron chi connectivity index (χ2n) is 4.44. The number of rotatable bonds is 0. The molecule has 1 aliphatic heterocycles. The number of benzene rings is 1. The molecule has 1 heterocycles. The van der Waals surface area contributed by atoms with Crippen molar-refractivity contribution in [1.29, 1.82) is 0 Å². The maximum atomic E-state index is 6.08. The summed E-state index contributed by atoms with van der Waals surface area (Å²) in [6.45, 7) is 0. The third kappa shape index (κ3) is 1.27. The number of nitrogens with two attached hydrogens (primary N) is 2. The van der Waals surface area contributed by atoms with Crippen LogP contribution in [-0.4, -0.2) is 11.8 Å². The third-order valence-electron chi connectivity index (χ3n) is 3.42. The van der Waals surface area contributed by atoms with Crippen molar-refractivity contribution in [3.8, 4) is 0 Å². The lowest BCUT2D eigenvalue weighted by Gasteiger charge is -2.25. The molecular weight excluding hydrogens is 186 g/mol. The van der Waals surface area contributed by atoms with Crippen LogP contribution in [0.2, 0.25) is 0 Å². The van der Waals surface area contributed by atoms with Crippen LogP contribution < -0.4 is 11.5 Å². The van der Waals surface area contributed by atoms with Crippen LogP contribution in [-0.2, 0) is 0 Å². The minimum absolute atomic E-state index is 0.150. The topological polar surface area (TPSA) is 64.4 Å². The van der Waals surface area contributed by atoms with Gasteiger partial charge in [0, 0.05) is 23.4 Å². The number of nitrogen functional groups attached to an aromatic ring is 1. The highest BCUT2D eigenvalue weighted by molar-refractivity contribution is 6.02. The van der Waals surface area contributed by atoms with Crippen LogP contribution in [0.4, 0.5) is 11.4 Å². The normalized spacial score (nSPS) is 28.2. The zero-order valence-electron chi connectivity index (χ0n) is 8.61. The van der Waals surface area contributed by atoms with Gasteiger partial charge in [0.1, 0.15) is 0 Å². The van der Waals surface area contributed by atoms with E-state index in [-0.39, 0.29) is 6.04 Å². The van der Waals surface area contributed by atoms with E-state index in [9.17, 15) is 0 Å². The van der Waals surface area contributed by atoms with E-state index in [0.29, 0.717) is 5.92 Å². The van der Waals surface area contributed by atoms with Crippen molar-refractivity contribution in [3.63, 3.8) is 0 Å². The van der Waals surface area contributed by atoms with Crippen molar-refractivity contribution in [2.24, 2.45) is 10.7 Å². The quantitative estimate of drug-likeness (QED) is 0.630. The first-order chi connectivity index (χ1) is 7.25. The molecule has 0 saturated heterocycles. The summed E-state index contributed by atoms with van der Waals surface area (Å²) >= 11 is 0. The molecule has 0 spiro atoms. The predicted molar refractivity (Wildman–Crippen MR) is 62.5 cm³/mol. The molecule has 0 aromatic heterocycles. The number of fused-ring (bicyclic) bond motifs is 3. The van der Waals surface area contributed by atoms with Crippen molar-refractivity contribution in [1.82, 2.24) is 0 Å². The van der Waals surface area contributed by atoms with Gasteiger partial charge in [-0.3, -0.25) is 4.99 Å². The lowest BCUT2D eigenvalue weighted by Crippen LogP contribution is -2.36. The Morgan fingerprint density at radius 1 is 1.27 bits per heavy atom. The Kier molecular flexibility index (Phi) is 1.83. The molecule has 0 bridgehead atoms. The second-order valence-corrected chi connectivity index (χ2v) is 4.44. The SMILES string of the molecule is Nc1ccc2c(c1)C1CCCC(N)C1=N2. The monoisotopic (exact) mass is 201 g/mol. The minimum Gasteiger partial charge on any atom is -0.399 e. The van der Waals surface area contributed by atoms with Gasteiger partial charge >= 0.3 is 0 Å². The zero-order chi connectivity index (χ0) is 10.4. The molecule has 4 N–H and O–H groups in total. The molecule has 2 aliphatic rings. The predicted octanol–water partition coefficient (Wildman–Crippen LogP) is 1.95. The van der Waals surface area contributed by atoms with Crippen LogP contribution in [0, 0.1) is 0 Å². The molecule has 1 aromatic carbocycles. The maximum absolute atomic E-state index is 6.08. The van der Waals surface area contributed by atoms with Gasteiger partial charge in [-0.05, 0) is 36.6 Å². The molecule has 2 unspecified atom stereocenters.